The second-order valence-electron chi connectivity index (χ2n) is 6.48. The number of rotatable bonds is 4. The fraction of sp³-hybridized carbons (Fsp3) is 0.556. The van der Waals surface area contributed by atoms with Gasteiger partial charge in [-0.15, -0.1) is 0 Å². The number of benzene rings is 1. The van der Waals surface area contributed by atoms with E-state index >= 15 is 0 Å². The van der Waals surface area contributed by atoms with Gasteiger partial charge in [0.25, 0.3) is 5.91 Å². The number of hydrogen-bond donors (Lipinski definition) is 2. The molecule has 2 atom stereocenters. The molecule has 0 unspecified atom stereocenters. The molecular weight excluding hydrogens is 274 g/mol. The van der Waals surface area contributed by atoms with Crippen LogP contribution in [0.4, 0.5) is 5.69 Å². The van der Waals surface area contributed by atoms with Crippen LogP contribution in [0, 0.1) is 11.8 Å². The first-order valence-corrected chi connectivity index (χ1v) is 8.44. The molecule has 2 N–H and O–H groups in total. The fourth-order valence-electron chi connectivity index (χ4n) is 3.71. The maximum atomic E-state index is 11.9. The summed E-state index contributed by atoms with van der Waals surface area (Å²) in [5.74, 6) is 1.63. The molecule has 0 heterocycles. The largest absolute Gasteiger partial charge is 0.376 e. The Labute approximate surface area is 132 Å². The molecule has 2 fully saturated rings. The smallest absolute Gasteiger partial charge is 0.259 e. The van der Waals surface area contributed by atoms with Crippen LogP contribution in [0.2, 0.25) is 0 Å². The highest BCUT2D eigenvalue weighted by atomic mass is 16.2. The third-order valence-corrected chi connectivity index (χ3v) is 4.93. The molecule has 0 radical (unpaired) electrons. The third-order valence-electron chi connectivity index (χ3n) is 4.93. The maximum Gasteiger partial charge on any atom is 0.259 e. The van der Waals surface area contributed by atoms with E-state index in [1.807, 2.05) is 30.3 Å². The van der Waals surface area contributed by atoms with Gasteiger partial charge in [0, 0.05) is 11.4 Å². The van der Waals surface area contributed by atoms with E-state index in [4.69, 9.17) is 0 Å². The number of carbonyl (C=O) groups is 1. The van der Waals surface area contributed by atoms with E-state index in [2.05, 4.69) is 15.8 Å². The van der Waals surface area contributed by atoms with Gasteiger partial charge in [0.15, 0.2) is 0 Å². The molecule has 2 saturated carbocycles. The number of anilines is 1. The van der Waals surface area contributed by atoms with Crippen molar-refractivity contribution in [1.29, 1.82) is 0 Å². The van der Waals surface area contributed by atoms with Crippen molar-refractivity contribution >= 4 is 17.3 Å². The minimum absolute atomic E-state index is 0.0814. The summed E-state index contributed by atoms with van der Waals surface area (Å²) in [4.78, 5) is 11.9. The summed E-state index contributed by atoms with van der Waals surface area (Å²) in [5.41, 5.74) is 4.83. The number of hydrazone groups is 1. The number of hydrogen-bond acceptors (Lipinski definition) is 3. The third kappa shape index (κ3) is 4.09. The molecule has 22 heavy (non-hydrogen) atoms. The van der Waals surface area contributed by atoms with Crippen molar-refractivity contribution in [1.82, 2.24) is 5.43 Å². The van der Waals surface area contributed by atoms with Crippen LogP contribution in [0.3, 0.4) is 0 Å². The second kappa shape index (κ2) is 7.43. The average molecular weight is 299 g/mol. The van der Waals surface area contributed by atoms with Crippen LogP contribution in [0.1, 0.15) is 44.9 Å². The summed E-state index contributed by atoms with van der Waals surface area (Å²) in [6.07, 6.45) is 8.88. The van der Waals surface area contributed by atoms with Crippen molar-refractivity contribution < 1.29 is 4.79 Å². The molecule has 118 valence electrons. The Bertz CT molecular complexity index is 526. The number of carbonyl (C=O) groups excluding carboxylic acids is 1. The van der Waals surface area contributed by atoms with Gasteiger partial charge < -0.3 is 5.32 Å². The van der Waals surface area contributed by atoms with Crippen LogP contribution in [-0.4, -0.2) is 18.2 Å². The van der Waals surface area contributed by atoms with Crippen molar-refractivity contribution in [3.63, 3.8) is 0 Å². The van der Waals surface area contributed by atoms with Gasteiger partial charge >= 0.3 is 0 Å². The molecule has 4 nitrogen and oxygen atoms in total. The van der Waals surface area contributed by atoms with Crippen LogP contribution in [-0.2, 0) is 4.79 Å². The zero-order valence-corrected chi connectivity index (χ0v) is 13.1. The highest BCUT2D eigenvalue weighted by Gasteiger charge is 2.30. The Morgan fingerprint density at radius 3 is 2.68 bits per heavy atom. The summed E-state index contributed by atoms with van der Waals surface area (Å²) >= 11 is 0. The van der Waals surface area contributed by atoms with E-state index in [0.717, 1.165) is 30.4 Å². The molecular formula is C18H25N3O. The quantitative estimate of drug-likeness (QED) is 0.835. The van der Waals surface area contributed by atoms with Crippen molar-refractivity contribution in [3.8, 4) is 0 Å². The topological polar surface area (TPSA) is 53.5 Å². The van der Waals surface area contributed by atoms with Crippen LogP contribution < -0.4 is 10.7 Å². The SMILES string of the molecule is O=C(CNc1ccccc1)N/N=C1\CC[C@H]2CCCC[C@H]2C1. The Morgan fingerprint density at radius 2 is 1.86 bits per heavy atom. The number of fused-ring (bicyclic) bond motifs is 1. The predicted octanol–water partition coefficient (Wildman–Crippen LogP) is 3.56. The lowest BCUT2D eigenvalue weighted by atomic mass is 9.70. The van der Waals surface area contributed by atoms with Crippen LogP contribution in [0.15, 0.2) is 35.4 Å². The highest BCUT2D eigenvalue weighted by Crippen LogP contribution is 2.39. The molecule has 1 amide bonds. The lowest BCUT2D eigenvalue weighted by Gasteiger charge is -2.35. The van der Waals surface area contributed by atoms with E-state index in [9.17, 15) is 4.79 Å². The van der Waals surface area contributed by atoms with Gasteiger partial charge in [-0.2, -0.15) is 5.10 Å². The van der Waals surface area contributed by atoms with Crippen molar-refractivity contribution in [2.24, 2.45) is 16.9 Å². The second-order valence-corrected chi connectivity index (χ2v) is 6.48. The Morgan fingerprint density at radius 1 is 1.09 bits per heavy atom. The average Bonchev–Trinajstić information content (AvgIpc) is 2.59. The summed E-state index contributed by atoms with van der Waals surface area (Å²) in [6, 6.07) is 9.75. The molecule has 2 aliphatic rings. The van der Waals surface area contributed by atoms with Crippen molar-refractivity contribution in [2.75, 3.05) is 11.9 Å². The summed E-state index contributed by atoms with van der Waals surface area (Å²) in [5, 5.41) is 7.46. The molecule has 1 aromatic carbocycles. The minimum atomic E-state index is -0.0814. The van der Waals surface area contributed by atoms with Gasteiger partial charge in [0.05, 0.1) is 6.54 Å². The van der Waals surface area contributed by atoms with Gasteiger partial charge in [-0.25, -0.2) is 5.43 Å². The molecule has 1 aromatic rings. The van der Waals surface area contributed by atoms with Crippen LogP contribution in [0.25, 0.3) is 0 Å². The van der Waals surface area contributed by atoms with E-state index in [0.29, 0.717) is 0 Å². The molecule has 0 aliphatic heterocycles. The van der Waals surface area contributed by atoms with E-state index in [1.54, 1.807) is 0 Å². The van der Waals surface area contributed by atoms with Gasteiger partial charge in [0.2, 0.25) is 0 Å². The zero-order chi connectivity index (χ0) is 15.2. The first-order chi connectivity index (χ1) is 10.8. The lowest BCUT2D eigenvalue weighted by molar-refractivity contribution is -0.119. The summed E-state index contributed by atoms with van der Waals surface area (Å²) in [7, 11) is 0. The number of nitrogens with one attached hydrogen (secondary N) is 2. The van der Waals surface area contributed by atoms with E-state index < -0.39 is 0 Å². The molecule has 0 aromatic heterocycles. The van der Waals surface area contributed by atoms with Crippen LogP contribution >= 0.6 is 0 Å². The summed E-state index contributed by atoms with van der Waals surface area (Å²) in [6.45, 7) is 0.257. The van der Waals surface area contributed by atoms with E-state index in [1.165, 1.54) is 37.8 Å². The predicted molar refractivity (Wildman–Crippen MR) is 89.8 cm³/mol. The molecule has 0 saturated heterocycles. The first-order valence-electron chi connectivity index (χ1n) is 8.44. The van der Waals surface area contributed by atoms with Gasteiger partial charge in [0.1, 0.15) is 0 Å². The van der Waals surface area contributed by atoms with Gasteiger partial charge in [-0.1, -0.05) is 37.5 Å². The van der Waals surface area contributed by atoms with Gasteiger partial charge in [-0.3, -0.25) is 4.79 Å². The normalized spacial score (nSPS) is 26.3. The van der Waals surface area contributed by atoms with E-state index in [-0.39, 0.29) is 12.5 Å². The Kier molecular flexibility index (Phi) is 5.09. The first kappa shape index (κ1) is 15.1. The number of para-hydroxylation sites is 1. The lowest BCUT2D eigenvalue weighted by Crippen LogP contribution is -2.31. The Hall–Kier alpha value is -1.84. The highest BCUT2D eigenvalue weighted by molar-refractivity contribution is 5.88. The van der Waals surface area contributed by atoms with Crippen molar-refractivity contribution in [2.45, 2.75) is 44.9 Å². The molecule has 4 heteroatoms. The zero-order valence-electron chi connectivity index (χ0n) is 13.1. The van der Waals surface area contributed by atoms with Crippen molar-refractivity contribution in [3.05, 3.63) is 30.3 Å². The maximum absolute atomic E-state index is 11.9. The number of nitrogens with zero attached hydrogens (tertiary/aromatic N) is 1. The monoisotopic (exact) mass is 299 g/mol. The molecule has 0 spiro atoms. The molecule has 2 aliphatic carbocycles. The fourth-order valence-corrected chi connectivity index (χ4v) is 3.71. The Balaban J connectivity index is 1.44. The number of amides is 1. The standard InChI is InChI=1S/C18H25N3O/c22-18(13-19-16-8-2-1-3-9-16)21-20-17-11-10-14-6-4-5-7-15(14)12-17/h1-3,8-9,14-15,19H,4-7,10-13H2,(H,21,22)/b20-17+/t14-,15+/m1/s1. The summed E-state index contributed by atoms with van der Waals surface area (Å²) < 4.78 is 0. The molecule has 3 rings (SSSR count). The van der Waals surface area contributed by atoms with Gasteiger partial charge in [-0.05, 0) is 49.7 Å². The minimum Gasteiger partial charge on any atom is -0.376 e. The van der Waals surface area contributed by atoms with Crippen LogP contribution in [0.5, 0.6) is 0 Å². The molecule has 0 bridgehead atoms.